The summed E-state index contributed by atoms with van der Waals surface area (Å²) in [6, 6.07) is 2.08. The summed E-state index contributed by atoms with van der Waals surface area (Å²) in [7, 11) is 0. The highest BCUT2D eigenvalue weighted by Gasteiger charge is 2.25. The summed E-state index contributed by atoms with van der Waals surface area (Å²) in [5.74, 6) is 0.532. The first-order chi connectivity index (χ1) is 16.6. The van der Waals surface area contributed by atoms with Gasteiger partial charge in [-0.3, -0.25) is 19.3 Å². The summed E-state index contributed by atoms with van der Waals surface area (Å²) < 4.78 is 0. The first-order valence-corrected chi connectivity index (χ1v) is 13.5. The molecule has 2 aliphatic rings. The predicted molar refractivity (Wildman–Crippen MR) is 142 cm³/mol. The van der Waals surface area contributed by atoms with Crippen LogP contribution in [0, 0.1) is 5.41 Å². The third-order valence-corrected chi connectivity index (χ3v) is 7.00. The highest BCUT2D eigenvalue weighted by Crippen LogP contribution is 2.35. The average molecular weight is 504 g/mol. The van der Waals surface area contributed by atoms with Crippen LogP contribution in [0.1, 0.15) is 70.1 Å². The summed E-state index contributed by atoms with van der Waals surface area (Å²) >= 11 is 1.65. The Bertz CT molecular complexity index is 957. The van der Waals surface area contributed by atoms with Crippen LogP contribution in [-0.4, -0.2) is 71.8 Å². The Hall–Kier alpha value is -2.23. The second-order valence-corrected chi connectivity index (χ2v) is 11.7. The van der Waals surface area contributed by atoms with Gasteiger partial charge in [0, 0.05) is 62.6 Å². The fourth-order valence-corrected chi connectivity index (χ4v) is 5.47. The molecular weight excluding hydrogens is 462 g/mol. The van der Waals surface area contributed by atoms with Gasteiger partial charge in [0.25, 0.3) is 5.91 Å². The number of hydrogen-bond acceptors (Lipinski definition) is 7. The molecule has 0 spiro atoms. The van der Waals surface area contributed by atoms with Crippen LogP contribution in [0.2, 0.25) is 0 Å². The standard InChI is InChI=1S/C26H41N5O3S/c1-6-9-31(34-7-2)25(33)19-14-22-21(28-23(27)15-19)16-20(35-22)18-29-10-8-11-30(13-12-29)24(32)17-26(3,4)5/h14,16H,6-13,15,17-18H2,1-5H3,(H2,27,28). The van der Waals surface area contributed by atoms with E-state index in [1.165, 1.54) is 9.94 Å². The van der Waals surface area contributed by atoms with Crippen molar-refractivity contribution in [3.63, 3.8) is 0 Å². The number of amides is 2. The van der Waals surface area contributed by atoms with Crippen molar-refractivity contribution in [3.8, 4) is 0 Å². The Kier molecular flexibility index (Phi) is 9.49. The number of nitrogens with zero attached hydrogens (tertiary/aromatic N) is 4. The molecule has 0 bridgehead atoms. The lowest BCUT2D eigenvalue weighted by Crippen LogP contribution is -2.36. The smallest absolute Gasteiger partial charge is 0.273 e. The van der Waals surface area contributed by atoms with Crippen molar-refractivity contribution in [3.05, 3.63) is 21.4 Å². The molecule has 3 heterocycles. The van der Waals surface area contributed by atoms with Gasteiger partial charge in [0.15, 0.2) is 0 Å². The van der Waals surface area contributed by atoms with Crippen LogP contribution < -0.4 is 5.73 Å². The molecule has 0 saturated carbocycles. The minimum atomic E-state index is -0.151. The molecule has 2 amide bonds. The molecule has 2 N–H and O–H groups in total. The van der Waals surface area contributed by atoms with Crippen molar-refractivity contribution in [2.75, 3.05) is 39.3 Å². The van der Waals surface area contributed by atoms with E-state index in [2.05, 4.69) is 36.7 Å². The molecule has 1 aromatic rings. The average Bonchev–Trinajstić information content (AvgIpc) is 2.91. The molecule has 0 aromatic carbocycles. The van der Waals surface area contributed by atoms with Crippen LogP contribution >= 0.6 is 11.3 Å². The first kappa shape index (κ1) is 27.4. The molecule has 35 heavy (non-hydrogen) atoms. The number of rotatable bonds is 8. The Morgan fingerprint density at radius 1 is 1.20 bits per heavy atom. The first-order valence-electron chi connectivity index (χ1n) is 12.7. The number of carbonyl (C=O) groups is 2. The van der Waals surface area contributed by atoms with Crippen LogP contribution in [-0.2, 0) is 21.0 Å². The van der Waals surface area contributed by atoms with Gasteiger partial charge in [-0.2, -0.15) is 0 Å². The Morgan fingerprint density at radius 2 is 1.97 bits per heavy atom. The molecule has 0 radical (unpaired) electrons. The van der Waals surface area contributed by atoms with E-state index < -0.39 is 0 Å². The number of hydroxylamine groups is 2. The van der Waals surface area contributed by atoms with Gasteiger partial charge in [-0.25, -0.2) is 10.1 Å². The predicted octanol–water partition coefficient (Wildman–Crippen LogP) is 4.18. The van der Waals surface area contributed by atoms with Crippen molar-refractivity contribution in [1.29, 1.82) is 0 Å². The minimum absolute atomic E-state index is 0.00415. The Morgan fingerprint density at radius 3 is 2.66 bits per heavy atom. The number of amidine groups is 1. The van der Waals surface area contributed by atoms with Gasteiger partial charge < -0.3 is 10.6 Å². The topological polar surface area (TPSA) is 91.5 Å². The van der Waals surface area contributed by atoms with E-state index in [-0.39, 0.29) is 17.2 Å². The van der Waals surface area contributed by atoms with Crippen molar-refractivity contribution in [2.45, 2.75) is 66.8 Å². The maximum Gasteiger partial charge on any atom is 0.273 e. The van der Waals surface area contributed by atoms with Crippen LogP contribution in [0.15, 0.2) is 16.6 Å². The number of thiophene rings is 1. The molecule has 8 nitrogen and oxygen atoms in total. The molecule has 0 atom stereocenters. The number of aliphatic imine (C=N–C) groups is 1. The molecule has 3 rings (SSSR count). The molecular formula is C26H41N5O3S. The van der Waals surface area contributed by atoms with E-state index in [1.807, 2.05) is 24.8 Å². The van der Waals surface area contributed by atoms with E-state index in [4.69, 9.17) is 10.6 Å². The lowest BCUT2D eigenvalue weighted by Gasteiger charge is -2.25. The van der Waals surface area contributed by atoms with Crippen LogP contribution in [0.25, 0.3) is 6.08 Å². The highest BCUT2D eigenvalue weighted by molar-refractivity contribution is 7.13. The minimum Gasteiger partial charge on any atom is -0.387 e. The summed E-state index contributed by atoms with van der Waals surface area (Å²) in [5, 5.41) is 1.43. The van der Waals surface area contributed by atoms with Crippen molar-refractivity contribution in [2.24, 2.45) is 16.1 Å². The van der Waals surface area contributed by atoms with Crippen LogP contribution in [0.4, 0.5) is 5.69 Å². The zero-order valence-electron chi connectivity index (χ0n) is 21.9. The van der Waals surface area contributed by atoms with Gasteiger partial charge in [-0.05, 0) is 37.3 Å². The van der Waals surface area contributed by atoms with E-state index in [1.54, 1.807) is 11.3 Å². The zero-order chi connectivity index (χ0) is 25.6. The molecule has 9 heteroatoms. The lowest BCUT2D eigenvalue weighted by molar-refractivity contribution is -0.180. The van der Waals surface area contributed by atoms with Gasteiger partial charge in [-0.1, -0.05) is 27.7 Å². The van der Waals surface area contributed by atoms with Crippen LogP contribution in [0.5, 0.6) is 0 Å². The molecule has 1 fully saturated rings. The third kappa shape index (κ3) is 7.88. The summed E-state index contributed by atoms with van der Waals surface area (Å²) in [5.41, 5.74) is 7.61. The monoisotopic (exact) mass is 503 g/mol. The van der Waals surface area contributed by atoms with Gasteiger partial charge in [0.05, 0.1) is 17.2 Å². The molecule has 1 saturated heterocycles. The van der Waals surface area contributed by atoms with Gasteiger partial charge >= 0.3 is 0 Å². The molecule has 0 aliphatic carbocycles. The van der Waals surface area contributed by atoms with Gasteiger partial charge in [0.2, 0.25) is 5.91 Å². The molecule has 194 valence electrons. The Labute approximate surface area is 213 Å². The van der Waals surface area contributed by atoms with E-state index >= 15 is 0 Å². The summed E-state index contributed by atoms with van der Waals surface area (Å²) in [6.45, 7) is 15.4. The summed E-state index contributed by atoms with van der Waals surface area (Å²) in [6.07, 6.45) is 4.59. The second kappa shape index (κ2) is 12.1. The normalized spacial score (nSPS) is 17.2. The summed E-state index contributed by atoms with van der Waals surface area (Å²) in [4.78, 5) is 42.5. The molecule has 1 aromatic heterocycles. The quantitative estimate of drug-likeness (QED) is 0.537. The molecule has 0 unspecified atom stereocenters. The second-order valence-electron chi connectivity index (χ2n) is 10.5. The third-order valence-electron chi connectivity index (χ3n) is 5.95. The van der Waals surface area contributed by atoms with Gasteiger partial charge in [-0.15, -0.1) is 11.3 Å². The van der Waals surface area contributed by atoms with Crippen molar-refractivity contribution in [1.82, 2.24) is 14.9 Å². The lowest BCUT2D eigenvalue weighted by atomic mass is 9.91. The number of hydrogen-bond donors (Lipinski definition) is 1. The highest BCUT2D eigenvalue weighted by atomic mass is 32.1. The fraction of sp³-hybridized carbons (Fsp3) is 0.654. The maximum atomic E-state index is 13.1. The van der Waals surface area contributed by atoms with E-state index in [9.17, 15) is 9.59 Å². The Balaban J connectivity index is 1.70. The number of nitrogens with two attached hydrogens (primary N) is 1. The zero-order valence-corrected chi connectivity index (χ0v) is 22.7. The number of fused-ring (bicyclic) bond motifs is 1. The van der Waals surface area contributed by atoms with E-state index in [0.717, 1.165) is 56.1 Å². The van der Waals surface area contributed by atoms with Crippen LogP contribution in [0.3, 0.4) is 0 Å². The number of carbonyl (C=O) groups excluding carboxylic acids is 2. The van der Waals surface area contributed by atoms with Crippen molar-refractivity contribution < 1.29 is 14.4 Å². The van der Waals surface area contributed by atoms with E-state index in [0.29, 0.717) is 37.4 Å². The van der Waals surface area contributed by atoms with Gasteiger partial charge in [0.1, 0.15) is 5.84 Å². The molecule has 2 aliphatic heterocycles. The SMILES string of the molecule is CCCN(OCC)C(=O)C1=Cc2sc(CN3CCCN(C(=O)CC(C)(C)C)CC3)cc2N=C(N)C1. The fourth-order valence-electron chi connectivity index (χ4n) is 4.36. The van der Waals surface area contributed by atoms with Crippen molar-refractivity contribution >= 4 is 40.8 Å². The maximum absolute atomic E-state index is 13.1. The largest absolute Gasteiger partial charge is 0.387 e.